The molecule has 5 aromatic heterocycles. The third-order valence-corrected chi connectivity index (χ3v) is 5.36. The molecular weight excluding hydrogens is 378 g/mol. The van der Waals surface area contributed by atoms with Crippen LogP contribution in [0.25, 0.3) is 44.6 Å². The predicted molar refractivity (Wildman–Crippen MR) is 114 cm³/mol. The van der Waals surface area contributed by atoms with E-state index in [4.69, 9.17) is 0 Å². The second kappa shape index (κ2) is 6.48. The number of fused-ring (bicyclic) bond motifs is 2. The Hall–Kier alpha value is -4.07. The molecule has 6 rings (SSSR count). The Bertz CT molecular complexity index is 1380. The molecule has 146 valence electrons. The molecule has 3 N–H and O–H groups in total. The van der Waals surface area contributed by atoms with Crippen LogP contribution in [0.15, 0.2) is 55.1 Å². The first kappa shape index (κ1) is 16.8. The van der Waals surface area contributed by atoms with Crippen LogP contribution in [0.4, 0.5) is 5.69 Å². The summed E-state index contributed by atoms with van der Waals surface area (Å²) in [6, 6.07) is 9.83. The van der Waals surface area contributed by atoms with E-state index in [2.05, 4.69) is 35.5 Å². The van der Waals surface area contributed by atoms with E-state index in [1.54, 1.807) is 24.8 Å². The van der Waals surface area contributed by atoms with E-state index in [0.29, 0.717) is 11.3 Å². The number of aromatic nitrogens is 6. The van der Waals surface area contributed by atoms with E-state index in [-0.39, 0.29) is 11.8 Å². The van der Waals surface area contributed by atoms with Crippen LogP contribution in [0, 0.1) is 5.92 Å². The average Bonchev–Trinajstić information content (AvgIpc) is 3.40. The summed E-state index contributed by atoms with van der Waals surface area (Å²) in [5, 5.41) is 11.3. The summed E-state index contributed by atoms with van der Waals surface area (Å²) in [4.78, 5) is 28.6. The van der Waals surface area contributed by atoms with Crippen molar-refractivity contribution in [2.75, 3.05) is 5.32 Å². The molecule has 0 aromatic carbocycles. The van der Waals surface area contributed by atoms with Gasteiger partial charge >= 0.3 is 0 Å². The monoisotopic (exact) mass is 395 g/mol. The van der Waals surface area contributed by atoms with Crippen molar-refractivity contribution in [1.29, 1.82) is 0 Å². The second-order valence-corrected chi connectivity index (χ2v) is 7.54. The minimum absolute atomic E-state index is 0.0621. The molecule has 5 heterocycles. The van der Waals surface area contributed by atoms with Crippen molar-refractivity contribution in [1.82, 2.24) is 30.1 Å². The van der Waals surface area contributed by atoms with E-state index < -0.39 is 0 Å². The smallest absolute Gasteiger partial charge is 0.227 e. The maximum Gasteiger partial charge on any atom is 0.227 e. The van der Waals surface area contributed by atoms with Gasteiger partial charge in [-0.15, -0.1) is 0 Å². The lowest BCUT2D eigenvalue weighted by molar-refractivity contribution is -0.117. The lowest BCUT2D eigenvalue weighted by atomic mass is 10.1. The number of nitrogens with zero attached hydrogens (tertiary/aromatic N) is 4. The fourth-order valence-electron chi connectivity index (χ4n) is 3.61. The zero-order chi connectivity index (χ0) is 20.1. The molecule has 0 aliphatic heterocycles. The topological polar surface area (TPSA) is 112 Å². The molecule has 0 radical (unpaired) electrons. The highest BCUT2D eigenvalue weighted by Crippen LogP contribution is 2.32. The first-order valence-corrected chi connectivity index (χ1v) is 9.79. The van der Waals surface area contributed by atoms with Crippen molar-refractivity contribution in [3.63, 3.8) is 0 Å². The number of hydrogen-bond donors (Lipinski definition) is 3. The van der Waals surface area contributed by atoms with Crippen molar-refractivity contribution in [3.05, 3.63) is 55.1 Å². The summed E-state index contributed by atoms with van der Waals surface area (Å²) in [6.07, 6.45) is 8.90. The Morgan fingerprint density at radius 2 is 1.97 bits per heavy atom. The number of aromatic amines is 2. The first-order valence-electron chi connectivity index (χ1n) is 9.79. The predicted octanol–water partition coefficient (Wildman–Crippen LogP) is 3.91. The molecule has 30 heavy (non-hydrogen) atoms. The number of H-pyrrole nitrogens is 2. The SMILES string of the molecule is O=C(Nc1cncc(-c2cnc3n[nH]c(-c4cc5ncccc5[nH]4)c3c2)c1)C1CC1. The van der Waals surface area contributed by atoms with Gasteiger partial charge in [0.1, 0.15) is 0 Å². The summed E-state index contributed by atoms with van der Waals surface area (Å²) in [6.45, 7) is 0. The standard InChI is InChI=1S/C22H17N7O/c30-22(12-3-4-12)26-15-6-13(9-23-11-15)14-7-16-20(28-29-21(16)25-10-14)19-8-18-17(27-19)2-1-5-24-18/h1-2,5-12,27H,3-4H2,(H,26,30)(H,25,28,29). The van der Waals surface area contributed by atoms with Gasteiger partial charge in [-0.3, -0.25) is 19.9 Å². The molecule has 8 nitrogen and oxygen atoms in total. The summed E-state index contributed by atoms with van der Waals surface area (Å²) in [5.74, 6) is 0.207. The van der Waals surface area contributed by atoms with Crippen LogP contribution < -0.4 is 5.32 Å². The molecular formula is C22H17N7O. The summed E-state index contributed by atoms with van der Waals surface area (Å²) in [5.41, 5.74) is 6.70. The largest absolute Gasteiger partial charge is 0.352 e. The van der Waals surface area contributed by atoms with Gasteiger partial charge in [0.25, 0.3) is 0 Å². The Kier molecular flexibility index (Phi) is 3.64. The fourth-order valence-corrected chi connectivity index (χ4v) is 3.61. The minimum Gasteiger partial charge on any atom is -0.352 e. The highest BCUT2D eigenvalue weighted by molar-refractivity contribution is 5.96. The van der Waals surface area contributed by atoms with Gasteiger partial charge in [0.05, 0.1) is 34.3 Å². The van der Waals surface area contributed by atoms with E-state index >= 15 is 0 Å². The molecule has 1 aliphatic carbocycles. The normalized spacial score (nSPS) is 13.7. The van der Waals surface area contributed by atoms with Crippen molar-refractivity contribution in [2.24, 2.45) is 5.92 Å². The number of pyridine rings is 3. The van der Waals surface area contributed by atoms with E-state index in [0.717, 1.165) is 51.8 Å². The summed E-state index contributed by atoms with van der Waals surface area (Å²) >= 11 is 0. The van der Waals surface area contributed by atoms with Gasteiger partial charge in [0.2, 0.25) is 5.91 Å². The maximum atomic E-state index is 12.1. The molecule has 1 amide bonds. The third kappa shape index (κ3) is 2.89. The summed E-state index contributed by atoms with van der Waals surface area (Å²) in [7, 11) is 0. The maximum absolute atomic E-state index is 12.1. The van der Waals surface area contributed by atoms with Gasteiger partial charge < -0.3 is 10.3 Å². The number of carbonyl (C=O) groups is 1. The van der Waals surface area contributed by atoms with Crippen LogP contribution in [0.2, 0.25) is 0 Å². The number of hydrogen-bond acceptors (Lipinski definition) is 5. The van der Waals surface area contributed by atoms with Crippen LogP contribution in [0.5, 0.6) is 0 Å². The molecule has 0 saturated heterocycles. The Labute approximate surface area is 170 Å². The zero-order valence-corrected chi connectivity index (χ0v) is 15.9. The van der Waals surface area contributed by atoms with Crippen LogP contribution in [-0.4, -0.2) is 36.0 Å². The zero-order valence-electron chi connectivity index (χ0n) is 15.9. The Morgan fingerprint density at radius 1 is 1.07 bits per heavy atom. The van der Waals surface area contributed by atoms with Crippen LogP contribution in [0.3, 0.4) is 0 Å². The molecule has 5 aromatic rings. The number of nitrogens with one attached hydrogen (secondary N) is 3. The molecule has 0 bridgehead atoms. The molecule has 0 spiro atoms. The fraction of sp³-hybridized carbons (Fsp3) is 0.136. The molecule has 1 saturated carbocycles. The van der Waals surface area contributed by atoms with Crippen molar-refractivity contribution < 1.29 is 4.79 Å². The highest BCUT2D eigenvalue weighted by atomic mass is 16.2. The highest BCUT2D eigenvalue weighted by Gasteiger charge is 2.29. The Balaban J connectivity index is 1.40. The molecule has 0 atom stereocenters. The number of carbonyl (C=O) groups excluding carboxylic acids is 1. The molecule has 1 aliphatic rings. The van der Waals surface area contributed by atoms with E-state index in [1.165, 1.54) is 0 Å². The lowest BCUT2D eigenvalue weighted by Gasteiger charge is -2.07. The van der Waals surface area contributed by atoms with Crippen molar-refractivity contribution >= 4 is 33.7 Å². The van der Waals surface area contributed by atoms with Gasteiger partial charge in [-0.05, 0) is 43.2 Å². The van der Waals surface area contributed by atoms with Crippen LogP contribution >= 0.6 is 0 Å². The summed E-state index contributed by atoms with van der Waals surface area (Å²) < 4.78 is 0. The average molecular weight is 395 g/mol. The molecule has 0 unspecified atom stereocenters. The number of anilines is 1. The molecule has 1 fully saturated rings. The minimum atomic E-state index is 0.0621. The van der Waals surface area contributed by atoms with Crippen LogP contribution in [-0.2, 0) is 4.79 Å². The van der Waals surface area contributed by atoms with Gasteiger partial charge in [0.15, 0.2) is 5.65 Å². The second-order valence-electron chi connectivity index (χ2n) is 7.54. The van der Waals surface area contributed by atoms with Crippen molar-refractivity contribution in [3.8, 4) is 22.5 Å². The lowest BCUT2D eigenvalue weighted by Crippen LogP contribution is -2.13. The molecule has 8 heteroatoms. The van der Waals surface area contributed by atoms with E-state index in [9.17, 15) is 4.79 Å². The van der Waals surface area contributed by atoms with Crippen LogP contribution in [0.1, 0.15) is 12.8 Å². The quantitative estimate of drug-likeness (QED) is 0.427. The van der Waals surface area contributed by atoms with E-state index in [1.807, 2.05) is 30.3 Å². The first-order chi connectivity index (χ1) is 14.7. The van der Waals surface area contributed by atoms with Gasteiger partial charge in [-0.25, -0.2) is 4.98 Å². The van der Waals surface area contributed by atoms with Gasteiger partial charge in [0, 0.05) is 41.0 Å². The van der Waals surface area contributed by atoms with Gasteiger partial charge in [-0.2, -0.15) is 5.10 Å². The Morgan fingerprint density at radius 3 is 2.83 bits per heavy atom. The third-order valence-electron chi connectivity index (χ3n) is 5.36. The number of rotatable bonds is 4. The van der Waals surface area contributed by atoms with Crippen molar-refractivity contribution in [2.45, 2.75) is 12.8 Å². The van der Waals surface area contributed by atoms with Gasteiger partial charge in [-0.1, -0.05) is 0 Å². The number of amides is 1.